The summed E-state index contributed by atoms with van der Waals surface area (Å²) in [6.07, 6.45) is 6.66. The van der Waals surface area contributed by atoms with E-state index in [4.69, 9.17) is 12.2 Å². The van der Waals surface area contributed by atoms with Gasteiger partial charge in [-0.25, -0.2) is 0 Å². The van der Waals surface area contributed by atoms with Gasteiger partial charge in [0, 0.05) is 18.7 Å². The van der Waals surface area contributed by atoms with Gasteiger partial charge in [0.15, 0.2) is 0 Å². The normalized spacial score (nSPS) is 16.6. The summed E-state index contributed by atoms with van der Waals surface area (Å²) in [6.45, 7) is 0.678. The molecular weight excluding hydrogens is 340 g/mol. The van der Waals surface area contributed by atoms with E-state index in [1.807, 2.05) is 6.07 Å². The monoisotopic (exact) mass is 362 g/mol. The molecular formula is C18H22N2O2S2. The zero-order chi connectivity index (χ0) is 16.9. The molecule has 2 amide bonds. The van der Waals surface area contributed by atoms with Crippen LogP contribution in [-0.2, 0) is 22.4 Å². The van der Waals surface area contributed by atoms with Crippen molar-refractivity contribution in [3.63, 3.8) is 0 Å². The maximum absolute atomic E-state index is 12.0. The number of fused-ring (bicyclic) bond motifs is 1. The van der Waals surface area contributed by atoms with Gasteiger partial charge in [-0.1, -0.05) is 36.5 Å². The molecule has 0 unspecified atom stereocenters. The molecule has 0 aromatic heterocycles. The van der Waals surface area contributed by atoms with Crippen LogP contribution in [0.15, 0.2) is 18.2 Å². The van der Waals surface area contributed by atoms with E-state index in [-0.39, 0.29) is 11.8 Å². The highest BCUT2D eigenvalue weighted by molar-refractivity contribution is 8.23. The molecule has 1 aromatic carbocycles. The number of amides is 2. The number of aryl methyl sites for hydroxylation is 2. The molecule has 24 heavy (non-hydrogen) atoms. The standard InChI is InChI=1S/C18H22N2O2S2/c21-16(19-15-9-8-13-5-4-6-14(13)11-15)7-2-1-3-10-20-17(22)12-24-18(20)23/h8-9,11H,1-7,10,12H2,(H,19,21). The molecule has 1 aliphatic heterocycles. The number of rotatable bonds is 7. The van der Waals surface area contributed by atoms with E-state index in [9.17, 15) is 9.59 Å². The number of anilines is 1. The smallest absolute Gasteiger partial charge is 0.238 e. The molecule has 128 valence electrons. The fourth-order valence-corrected chi connectivity index (χ4v) is 4.32. The molecule has 1 saturated heterocycles. The zero-order valence-corrected chi connectivity index (χ0v) is 15.3. The summed E-state index contributed by atoms with van der Waals surface area (Å²) in [4.78, 5) is 25.3. The summed E-state index contributed by atoms with van der Waals surface area (Å²) in [5.74, 6) is 0.651. The summed E-state index contributed by atoms with van der Waals surface area (Å²) < 4.78 is 0.689. The van der Waals surface area contributed by atoms with Gasteiger partial charge in [0.05, 0.1) is 5.75 Å². The summed E-state index contributed by atoms with van der Waals surface area (Å²) in [5, 5.41) is 2.99. The molecule has 4 nitrogen and oxygen atoms in total. The average Bonchev–Trinajstić information content (AvgIpc) is 3.14. The van der Waals surface area contributed by atoms with E-state index >= 15 is 0 Å². The van der Waals surface area contributed by atoms with E-state index < -0.39 is 0 Å². The molecule has 1 aliphatic carbocycles. The Balaban J connectivity index is 1.34. The SMILES string of the molecule is O=C(CCCCCN1C(=O)CSC1=S)Nc1ccc2c(c1)CCC2. The first-order chi connectivity index (χ1) is 11.6. The summed E-state index contributed by atoms with van der Waals surface area (Å²) >= 11 is 6.58. The number of benzene rings is 1. The topological polar surface area (TPSA) is 49.4 Å². The van der Waals surface area contributed by atoms with Gasteiger partial charge in [0.25, 0.3) is 0 Å². The molecule has 1 fully saturated rings. The Morgan fingerprint density at radius 1 is 1.21 bits per heavy atom. The lowest BCUT2D eigenvalue weighted by molar-refractivity contribution is -0.124. The van der Waals surface area contributed by atoms with Crippen LogP contribution in [0.25, 0.3) is 0 Å². The Bertz CT molecular complexity index is 644. The van der Waals surface area contributed by atoms with Gasteiger partial charge in [-0.15, -0.1) is 0 Å². The van der Waals surface area contributed by atoms with Crippen LogP contribution in [0.4, 0.5) is 5.69 Å². The van der Waals surface area contributed by atoms with Crippen molar-refractivity contribution in [2.24, 2.45) is 0 Å². The number of carbonyl (C=O) groups excluding carboxylic acids is 2. The molecule has 1 aromatic rings. The minimum atomic E-state index is 0.0660. The van der Waals surface area contributed by atoms with Gasteiger partial charge in [-0.3, -0.25) is 14.5 Å². The number of thioether (sulfide) groups is 1. The number of nitrogens with one attached hydrogen (secondary N) is 1. The Morgan fingerprint density at radius 2 is 2.04 bits per heavy atom. The Kier molecular flexibility index (Phi) is 5.89. The van der Waals surface area contributed by atoms with Crippen molar-refractivity contribution < 1.29 is 9.59 Å². The Labute approximate surface area is 152 Å². The molecule has 0 atom stereocenters. The average molecular weight is 363 g/mol. The van der Waals surface area contributed by atoms with Crippen LogP contribution in [0.2, 0.25) is 0 Å². The van der Waals surface area contributed by atoms with Gasteiger partial charge < -0.3 is 5.32 Å². The van der Waals surface area contributed by atoms with Crippen LogP contribution in [0.1, 0.15) is 43.2 Å². The molecule has 0 bridgehead atoms. The highest BCUT2D eigenvalue weighted by Crippen LogP contribution is 2.25. The lowest BCUT2D eigenvalue weighted by Gasteiger charge is -2.14. The van der Waals surface area contributed by atoms with Gasteiger partial charge in [-0.2, -0.15) is 0 Å². The van der Waals surface area contributed by atoms with Crippen LogP contribution >= 0.6 is 24.0 Å². The third-order valence-electron chi connectivity index (χ3n) is 4.51. The lowest BCUT2D eigenvalue weighted by atomic mass is 10.1. The molecule has 2 aliphatic rings. The fourth-order valence-electron chi connectivity index (χ4n) is 3.20. The number of hydrogen-bond acceptors (Lipinski definition) is 4. The second kappa shape index (κ2) is 8.12. The summed E-state index contributed by atoms with van der Waals surface area (Å²) in [6, 6.07) is 6.24. The van der Waals surface area contributed by atoms with Crippen LogP contribution < -0.4 is 5.32 Å². The first kappa shape index (κ1) is 17.4. The quantitative estimate of drug-likeness (QED) is 0.595. The van der Waals surface area contributed by atoms with Crippen molar-refractivity contribution in [1.29, 1.82) is 0 Å². The number of nitrogens with zero attached hydrogens (tertiary/aromatic N) is 1. The minimum absolute atomic E-state index is 0.0660. The molecule has 0 saturated carbocycles. The third-order valence-corrected chi connectivity index (χ3v) is 5.94. The van der Waals surface area contributed by atoms with Crippen molar-refractivity contribution in [1.82, 2.24) is 4.90 Å². The Morgan fingerprint density at radius 3 is 2.83 bits per heavy atom. The van der Waals surface area contributed by atoms with Crippen LogP contribution in [0.3, 0.4) is 0 Å². The largest absolute Gasteiger partial charge is 0.326 e. The van der Waals surface area contributed by atoms with E-state index in [0.29, 0.717) is 23.0 Å². The first-order valence-electron chi connectivity index (χ1n) is 8.52. The highest BCUT2D eigenvalue weighted by Gasteiger charge is 2.25. The van der Waals surface area contributed by atoms with E-state index in [0.717, 1.165) is 37.8 Å². The number of thiocarbonyl (C=S) groups is 1. The van der Waals surface area contributed by atoms with Crippen molar-refractivity contribution >= 4 is 45.8 Å². The number of hydrogen-bond donors (Lipinski definition) is 1. The van der Waals surface area contributed by atoms with E-state index in [1.165, 1.54) is 29.3 Å². The van der Waals surface area contributed by atoms with Crippen molar-refractivity contribution in [3.05, 3.63) is 29.3 Å². The van der Waals surface area contributed by atoms with Crippen LogP contribution in [0.5, 0.6) is 0 Å². The number of carbonyl (C=O) groups is 2. The van der Waals surface area contributed by atoms with Crippen molar-refractivity contribution in [3.8, 4) is 0 Å². The van der Waals surface area contributed by atoms with Crippen molar-refractivity contribution in [2.75, 3.05) is 17.6 Å². The molecule has 6 heteroatoms. The maximum Gasteiger partial charge on any atom is 0.238 e. The minimum Gasteiger partial charge on any atom is -0.326 e. The first-order valence-corrected chi connectivity index (χ1v) is 9.91. The van der Waals surface area contributed by atoms with E-state index in [2.05, 4.69) is 17.4 Å². The number of unbranched alkanes of at least 4 members (excludes halogenated alkanes) is 2. The lowest BCUT2D eigenvalue weighted by Crippen LogP contribution is -2.29. The van der Waals surface area contributed by atoms with E-state index in [1.54, 1.807) is 4.90 Å². The molecule has 1 heterocycles. The summed E-state index contributed by atoms with van der Waals surface area (Å²) in [7, 11) is 0. The second-order valence-corrected chi connectivity index (χ2v) is 7.91. The third kappa shape index (κ3) is 4.36. The van der Waals surface area contributed by atoms with Crippen LogP contribution in [0, 0.1) is 0 Å². The van der Waals surface area contributed by atoms with Crippen LogP contribution in [-0.4, -0.2) is 33.3 Å². The molecule has 3 rings (SSSR count). The molecule has 1 N–H and O–H groups in total. The zero-order valence-electron chi connectivity index (χ0n) is 13.7. The predicted molar refractivity (Wildman–Crippen MR) is 102 cm³/mol. The van der Waals surface area contributed by atoms with Gasteiger partial charge >= 0.3 is 0 Å². The fraction of sp³-hybridized carbons (Fsp3) is 0.500. The van der Waals surface area contributed by atoms with Gasteiger partial charge in [0.1, 0.15) is 4.32 Å². The highest BCUT2D eigenvalue weighted by atomic mass is 32.2. The maximum atomic E-state index is 12.0. The molecule has 0 radical (unpaired) electrons. The molecule has 0 spiro atoms. The Hall–Kier alpha value is -1.40. The summed E-state index contributed by atoms with van der Waals surface area (Å²) in [5.41, 5.74) is 3.70. The second-order valence-electron chi connectivity index (χ2n) is 6.30. The van der Waals surface area contributed by atoms with Crippen molar-refractivity contribution in [2.45, 2.75) is 44.9 Å². The predicted octanol–water partition coefficient (Wildman–Crippen LogP) is 3.53. The van der Waals surface area contributed by atoms with Gasteiger partial charge in [0.2, 0.25) is 11.8 Å². The van der Waals surface area contributed by atoms with Gasteiger partial charge in [-0.05, 0) is 55.4 Å².